The number of aliphatic hydroxyl groups is 1. The number of rotatable bonds is 3. The van der Waals surface area contributed by atoms with Crippen LogP contribution in [0.1, 0.15) is 23.9 Å². The minimum Gasteiger partial charge on any atom is -0.393 e. The van der Waals surface area contributed by atoms with E-state index < -0.39 is 0 Å². The molecule has 0 spiro atoms. The fourth-order valence-corrected chi connectivity index (χ4v) is 1.89. The molecule has 2 rings (SSSR count). The van der Waals surface area contributed by atoms with Crippen LogP contribution in [-0.2, 0) is 6.42 Å². The minimum absolute atomic E-state index is 0.362. The molecule has 2 aromatic heterocycles. The molecule has 0 saturated heterocycles. The number of aliphatic hydroxyl groups excluding tert-OH is 1. The van der Waals surface area contributed by atoms with Gasteiger partial charge in [-0.1, -0.05) is 0 Å². The summed E-state index contributed by atoms with van der Waals surface area (Å²) in [5, 5.41) is 9.29. The quantitative estimate of drug-likeness (QED) is 0.876. The molecular weight excluding hydrogens is 214 g/mol. The lowest BCUT2D eigenvalue weighted by atomic mass is 10.2. The highest BCUT2D eigenvalue weighted by Gasteiger charge is 2.07. The summed E-state index contributed by atoms with van der Waals surface area (Å²) >= 11 is 0. The lowest BCUT2D eigenvalue weighted by Crippen LogP contribution is -2.08. The van der Waals surface area contributed by atoms with Crippen molar-refractivity contribution in [3.63, 3.8) is 0 Å². The molecule has 0 saturated carbocycles. The average Bonchev–Trinajstić information content (AvgIpc) is 2.59. The van der Waals surface area contributed by atoms with Crippen molar-refractivity contribution in [3.8, 4) is 5.95 Å². The van der Waals surface area contributed by atoms with Crippen molar-refractivity contribution in [1.82, 2.24) is 14.5 Å². The fraction of sp³-hybridized carbons (Fsp3) is 0.385. The van der Waals surface area contributed by atoms with Crippen molar-refractivity contribution in [3.05, 3.63) is 41.5 Å². The van der Waals surface area contributed by atoms with Crippen molar-refractivity contribution in [1.29, 1.82) is 0 Å². The van der Waals surface area contributed by atoms with Crippen molar-refractivity contribution >= 4 is 0 Å². The topological polar surface area (TPSA) is 50.9 Å². The highest BCUT2D eigenvalue weighted by Crippen LogP contribution is 2.12. The van der Waals surface area contributed by atoms with E-state index in [0.717, 1.165) is 17.0 Å². The summed E-state index contributed by atoms with van der Waals surface area (Å²) < 4.78 is 2.01. The van der Waals surface area contributed by atoms with E-state index in [1.54, 1.807) is 19.3 Å². The Morgan fingerprint density at radius 3 is 2.18 bits per heavy atom. The van der Waals surface area contributed by atoms with Crippen molar-refractivity contribution < 1.29 is 5.11 Å². The Kier molecular flexibility index (Phi) is 3.24. The standard InChI is InChI=1S/C13H17N3O/c1-9-4-5-10(2)16(9)13-14-7-12(8-15-13)6-11(3)17/h4-5,7-8,11,17H,6H2,1-3H3. The third kappa shape index (κ3) is 2.53. The number of aryl methyl sites for hydroxylation is 2. The van der Waals surface area contributed by atoms with Gasteiger partial charge >= 0.3 is 0 Å². The molecular formula is C13H17N3O. The van der Waals surface area contributed by atoms with Crippen molar-refractivity contribution in [2.45, 2.75) is 33.3 Å². The highest BCUT2D eigenvalue weighted by molar-refractivity contribution is 5.26. The maximum Gasteiger partial charge on any atom is 0.233 e. The maximum absolute atomic E-state index is 9.29. The largest absolute Gasteiger partial charge is 0.393 e. The van der Waals surface area contributed by atoms with E-state index in [1.807, 2.05) is 30.5 Å². The zero-order chi connectivity index (χ0) is 12.4. The van der Waals surface area contributed by atoms with Crippen LogP contribution in [0.4, 0.5) is 0 Å². The van der Waals surface area contributed by atoms with Gasteiger partial charge in [-0.2, -0.15) is 0 Å². The molecule has 0 bridgehead atoms. The Morgan fingerprint density at radius 2 is 1.71 bits per heavy atom. The van der Waals surface area contributed by atoms with Gasteiger partial charge in [-0.05, 0) is 38.5 Å². The van der Waals surface area contributed by atoms with E-state index >= 15 is 0 Å². The second-order valence-corrected chi connectivity index (χ2v) is 4.40. The molecule has 4 heteroatoms. The van der Waals surface area contributed by atoms with E-state index in [1.165, 1.54) is 0 Å². The zero-order valence-corrected chi connectivity index (χ0v) is 10.4. The van der Waals surface area contributed by atoms with Crippen LogP contribution in [0.2, 0.25) is 0 Å². The summed E-state index contributed by atoms with van der Waals surface area (Å²) in [6, 6.07) is 4.09. The van der Waals surface area contributed by atoms with E-state index in [2.05, 4.69) is 9.97 Å². The monoisotopic (exact) mass is 231 g/mol. The van der Waals surface area contributed by atoms with Crippen LogP contribution in [0, 0.1) is 13.8 Å². The van der Waals surface area contributed by atoms with Gasteiger partial charge in [0, 0.05) is 30.2 Å². The minimum atomic E-state index is -0.362. The average molecular weight is 231 g/mol. The summed E-state index contributed by atoms with van der Waals surface area (Å²) in [7, 11) is 0. The Labute approximate surface area is 101 Å². The molecule has 0 radical (unpaired) electrons. The lowest BCUT2D eigenvalue weighted by molar-refractivity contribution is 0.195. The summed E-state index contributed by atoms with van der Waals surface area (Å²) in [5.74, 6) is 0.680. The fourth-order valence-electron chi connectivity index (χ4n) is 1.89. The SMILES string of the molecule is Cc1ccc(C)n1-c1ncc(CC(C)O)cn1. The first-order valence-electron chi connectivity index (χ1n) is 5.72. The van der Waals surface area contributed by atoms with Crippen molar-refractivity contribution in [2.24, 2.45) is 0 Å². The highest BCUT2D eigenvalue weighted by atomic mass is 16.3. The van der Waals surface area contributed by atoms with Gasteiger partial charge in [0.25, 0.3) is 0 Å². The Hall–Kier alpha value is -1.68. The van der Waals surface area contributed by atoms with Gasteiger partial charge in [0.15, 0.2) is 0 Å². The first-order valence-corrected chi connectivity index (χ1v) is 5.72. The molecule has 1 N–H and O–H groups in total. The number of nitrogens with zero attached hydrogens (tertiary/aromatic N) is 3. The molecule has 2 aromatic rings. The first-order chi connectivity index (χ1) is 8.08. The smallest absolute Gasteiger partial charge is 0.233 e. The van der Waals surface area contributed by atoms with Crippen LogP contribution >= 0.6 is 0 Å². The van der Waals surface area contributed by atoms with E-state index in [9.17, 15) is 5.11 Å². The second kappa shape index (κ2) is 4.67. The van der Waals surface area contributed by atoms with E-state index in [4.69, 9.17) is 0 Å². The van der Waals surface area contributed by atoms with E-state index in [0.29, 0.717) is 12.4 Å². The molecule has 0 amide bonds. The second-order valence-electron chi connectivity index (χ2n) is 4.40. The molecule has 0 aliphatic rings. The molecule has 90 valence electrons. The summed E-state index contributed by atoms with van der Waals surface area (Å²) in [4.78, 5) is 8.67. The lowest BCUT2D eigenvalue weighted by Gasteiger charge is -2.08. The number of aromatic nitrogens is 3. The van der Waals surface area contributed by atoms with Gasteiger partial charge in [0.2, 0.25) is 5.95 Å². The molecule has 1 unspecified atom stereocenters. The van der Waals surface area contributed by atoms with Gasteiger partial charge < -0.3 is 5.11 Å². The molecule has 17 heavy (non-hydrogen) atoms. The molecule has 1 atom stereocenters. The Morgan fingerprint density at radius 1 is 1.18 bits per heavy atom. The molecule has 0 fully saturated rings. The van der Waals surface area contributed by atoms with Crippen LogP contribution in [0.3, 0.4) is 0 Å². The maximum atomic E-state index is 9.29. The van der Waals surface area contributed by atoms with Gasteiger partial charge in [-0.25, -0.2) is 9.97 Å². The Bertz CT molecular complexity index is 480. The predicted molar refractivity (Wildman–Crippen MR) is 66.2 cm³/mol. The Balaban J connectivity index is 2.30. The third-order valence-corrected chi connectivity index (χ3v) is 2.69. The van der Waals surface area contributed by atoms with E-state index in [-0.39, 0.29) is 6.10 Å². The van der Waals surface area contributed by atoms with Gasteiger partial charge in [0.1, 0.15) is 0 Å². The van der Waals surface area contributed by atoms with Crippen LogP contribution in [0.5, 0.6) is 0 Å². The first kappa shape index (κ1) is 11.8. The van der Waals surface area contributed by atoms with Crippen LogP contribution in [0.15, 0.2) is 24.5 Å². The summed E-state index contributed by atoms with van der Waals surface area (Å²) in [6.07, 6.45) is 3.77. The summed E-state index contributed by atoms with van der Waals surface area (Å²) in [5.41, 5.74) is 3.18. The van der Waals surface area contributed by atoms with Crippen molar-refractivity contribution in [2.75, 3.05) is 0 Å². The number of hydrogen-bond acceptors (Lipinski definition) is 3. The normalized spacial score (nSPS) is 12.7. The van der Waals surface area contributed by atoms with Crippen LogP contribution in [-0.4, -0.2) is 25.7 Å². The van der Waals surface area contributed by atoms with Gasteiger partial charge in [-0.15, -0.1) is 0 Å². The predicted octanol–water partition coefficient (Wildman–Crippen LogP) is 1.81. The third-order valence-electron chi connectivity index (χ3n) is 2.69. The van der Waals surface area contributed by atoms with Gasteiger partial charge in [0.05, 0.1) is 6.10 Å². The number of hydrogen-bond donors (Lipinski definition) is 1. The molecule has 0 aromatic carbocycles. The molecule has 0 aliphatic heterocycles. The van der Waals surface area contributed by atoms with Crippen LogP contribution < -0.4 is 0 Å². The van der Waals surface area contributed by atoms with Crippen LogP contribution in [0.25, 0.3) is 5.95 Å². The molecule has 0 aliphatic carbocycles. The summed E-state index contributed by atoms with van der Waals surface area (Å²) in [6.45, 7) is 5.81. The van der Waals surface area contributed by atoms with Gasteiger partial charge in [-0.3, -0.25) is 4.57 Å². The molecule has 2 heterocycles. The molecule has 4 nitrogen and oxygen atoms in total. The zero-order valence-electron chi connectivity index (χ0n) is 10.4.